The van der Waals surface area contributed by atoms with Gasteiger partial charge in [0.15, 0.2) is 6.61 Å². The normalized spacial score (nSPS) is 12.4. The van der Waals surface area contributed by atoms with Gasteiger partial charge in [0.2, 0.25) is 5.91 Å². The van der Waals surface area contributed by atoms with E-state index in [2.05, 4.69) is 5.32 Å². The van der Waals surface area contributed by atoms with Crippen LogP contribution in [0.25, 0.3) is 0 Å². The number of rotatable bonds is 12. The lowest BCUT2D eigenvalue weighted by molar-refractivity contribution is -0.141. The van der Waals surface area contributed by atoms with Crippen LogP contribution in [0.4, 0.5) is 0 Å². The molecule has 2 aromatic rings. The van der Waals surface area contributed by atoms with Crippen LogP contribution >= 0.6 is 0 Å². The number of nitrogens with one attached hydrogen (secondary N) is 1. The molecule has 174 valence electrons. The molecule has 0 aliphatic carbocycles. The van der Waals surface area contributed by atoms with E-state index in [0.717, 1.165) is 12.0 Å². The van der Waals surface area contributed by atoms with Crippen LogP contribution in [0.3, 0.4) is 0 Å². The van der Waals surface area contributed by atoms with Gasteiger partial charge in [-0.3, -0.25) is 9.59 Å². The van der Waals surface area contributed by atoms with Gasteiger partial charge in [-0.1, -0.05) is 37.3 Å². The van der Waals surface area contributed by atoms with Crippen molar-refractivity contribution < 1.29 is 23.8 Å². The summed E-state index contributed by atoms with van der Waals surface area (Å²) in [6.45, 7) is 5.90. The Labute approximate surface area is 190 Å². The van der Waals surface area contributed by atoms with Crippen molar-refractivity contribution in [3.63, 3.8) is 0 Å². The molecule has 0 spiro atoms. The van der Waals surface area contributed by atoms with Crippen molar-refractivity contribution in [2.45, 2.75) is 45.7 Å². The van der Waals surface area contributed by atoms with Crippen molar-refractivity contribution in [1.82, 2.24) is 10.2 Å². The number of carbonyl (C=O) groups excluding carboxylic acids is 2. The first-order chi connectivity index (χ1) is 15.4. The molecule has 2 amide bonds. The van der Waals surface area contributed by atoms with Crippen LogP contribution in [-0.2, 0) is 16.0 Å². The Balaban J connectivity index is 2.12. The highest BCUT2D eigenvalue weighted by Gasteiger charge is 2.26. The molecule has 2 aromatic carbocycles. The smallest absolute Gasteiger partial charge is 0.261 e. The van der Waals surface area contributed by atoms with E-state index in [9.17, 15) is 9.59 Å². The molecule has 0 aliphatic heterocycles. The predicted molar refractivity (Wildman–Crippen MR) is 124 cm³/mol. The van der Waals surface area contributed by atoms with Gasteiger partial charge in [-0.25, -0.2) is 0 Å². The molecule has 2 atom stereocenters. The van der Waals surface area contributed by atoms with E-state index in [1.807, 2.05) is 44.2 Å². The van der Waals surface area contributed by atoms with Crippen molar-refractivity contribution in [1.29, 1.82) is 0 Å². The fraction of sp³-hybridized carbons (Fsp3) is 0.440. The summed E-state index contributed by atoms with van der Waals surface area (Å²) >= 11 is 0. The molecule has 32 heavy (non-hydrogen) atoms. The second-order valence-electron chi connectivity index (χ2n) is 7.65. The van der Waals surface area contributed by atoms with Crippen molar-refractivity contribution in [2.24, 2.45) is 0 Å². The lowest BCUT2D eigenvalue weighted by Gasteiger charge is -2.29. The van der Waals surface area contributed by atoms with Crippen LogP contribution in [0.2, 0.25) is 0 Å². The quantitative estimate of drug-likeness (QED) is 0.545. The highest BCUT2D eigenvalue weighted by Crippen LogP contribution is 2.27. The average Bonchev–Trinajstić information content (AvgIpc) is 2.82. The van der Waals surface area contributed by atoms with Crippen molar-refractivity contribution >= 4 is 11.8 Å². The maximum absolute atomic E-state index is 13.1. The van der Waals surface area contributed by atoms with Gasteiger partial charge in [0, 0.05) is 30.8 Å². The number of hydrogen-bond acceptors (Lipinski definition) is 5. The second kappa shape index (κ2) is 12.6. The molecular weight excluding hydrogens is 408 g/mol. The maximum Gasteiger partial charge on any atom is 0.261 e. The first kappa shape index (κ1) is 25.0. The molecular formula is C25H34N2O5. The first-order valence-corrected chi connectivity index (χ1v) is 10.9. The van der Waals surface area contributed by atoms with Gasteiger partial charge in [0.1, 0.15) is 23.3 Å². The summed E-state index contributed by atoms with van der Waals surface area (Å²) in [5, 5.41) is 2.96. The number of hydrogen-bond donors (Lipinski definition) is 1. The van der Waals surface area contributed by atoms with Crippen molar-refractivity contribution in [2.75, 3.05) is 27.4 Å². The third-order valence-electron chi connectivity index (χ3n) is 5.34. The number of benzene rings is 2. The van der Waals surface area contributed by atoms with Crippen LogP contribution < -0.4 is 19.5 Å². The highest BCUT2D eigenvalue weighted by molar-refractivity contribution is 5.88. The average molecular weight is 443 g/mol. The highest BCUT2D eigenvalue weighted by atomic mass is 16.5. The Morgan fingerprint density at radius 2 is 1.56 bits per heavy atom. The molecule has 0 unspecified atom stereocenters. The molecule has 0 saturated heterocycles. The molecule has 0 saturated carbocycles. The van der Waals surface area contributed by atoms with Gasteiger partial charge in [0.25, 0.3) is 5.91 Å². The Morgan fingerprint density at radius 3 is 2.12 bits per heavy atom. The molecule has 0 fully saturated rings. The molecule has 0 aromatic heterocycles. The Kier molecular flexibility index (Phi) is 9.85. The Bertz CT molecular complexity index is 850. The zero-order valence-electron chi connectivity index (χ0n) is 19.6. The van der Waals surface area contributed by atoms with Crippen LogP contribution in [-0.4, -0.2) is 56.2 Å². The van der Waals surface area contributed by atoms with E-state index in [1.165, 1.54) is 0 Å². The largest absolute Gasteiger partial charge is 0.496 e. The summed E-state index contributed by atoms with van der Waals surface area (Å²) in [6, 6.07) is 14.4. The fourth-order valence-corrected chi connectivity index (χ4v) is 3.13. The summed E-state index contributed by atoms with van der Waals surface area (Å²) < 4.78 is 16.2. The number of nitrogens with zero attached hydrogens (tertiary/aromatic N) is 1. The molecule has 0 aliphatic rings. The minimum Gasteiger partial charge on any atom is -0.496 e. The topological polar surface area (TPSA) is 77.1 Å². The minimum absolute atomic E-state index is 0.0384. The van der Waals surface area contributed by atoms with E-state index < -0.39 is 6.04 Å². The maximum atomic E-state index is 13.1. The van der Waals surface area contributed by atoms with Gasteiger partial charge in [-0.2, -0.15) is 0 Å². The van der Waals surface area contributed by atoms with Gasteiger partial charge in [0.05, 0.1) is 14.2 Å². The number of ether oxygens (including phenoxy) is 3. The van der Waals surface area contributed by atoms with E-state index in [0.29, 0.717) is 30.2 Å². The molecule has 0 radical (unpaired) electrons. The summed E-state index contributed by atoms with van der Waals surface area (Å²) in [5.41, 5.74) is 1.10. The zero-order valence-corrected chi connectivity index (χ0v) is 19.6. The molecule has 2 rings (SSSR count). The van der Waals surface area contributed by atoms with Gasteiger partial charge < -0.3 is 24.4 Å². The predicted octanol–water partition coefficient (Wildman–Crippen LogP) is 3.46. The van der Waals surface area contributed by atoms with Gasteiger partial charge in [-0.15, -0.1) is 0 Å². The number of methoxy groups -OCH3 is 2. The summed E-state index contributed by atoms with van der Waals surface area (Å²) in [4.78, 5) is 27.4. The van der Waals surface area contributed by atoms with Crippen molar-refractivity contribution in [3.8, 4) is 17.2 Å². The summed E-state index contributed by atoms with van der Waals surface area (Å²) in [6.07, 6.45) is 1.46. The fourth-order valence-electron chi connectivity index (χ4n) is 3.13. The second-order valence-corrected chi connectivity index (χ2v) is 7.65. The van der Waals surface area contributed by atoms with E-state index in [4.69, 9.17) is 14.2 Å². The zero-order chi connectivity index (χ0) is 23.5. The van der Waals surface area contributed by atoms with E-state index in [1.54, 1.807) is 44.2 Å². The Hall–Kier alpha value is -3.22. The molecule has 1 N–H and O–H groups in total. The lowest BCUT2D eigenvalue weighted by Crippen LogP contribution is -2.51. The molecule has 7 nitrogen and oxygen atoms in total. The van der Waals surface area contributed by atoms with Crippen molar-refractivity contribution in [3.05, 3.63) is 54.1 Å². The SMILES string of the molecule is CC[C@H](C)NC(=O)[C@H](C)N(CCc1ccccc1)C(=O)COc1cc(OC)cc(OC)c1. The first-order valence-electron chi connectivity index (χ1n) is 10.9. The third-order valence-corrected chi connectivity index (χ3v) is 5.34. The van der Waals surface area contributed by atoms with E-state index in [-0.39, 0.29) is 24.5 Å². The minimum atomic E-state index is -0.622. The summed E-state index contributed by atoms with van der Waals surface area (Å²) in [7, 11) is 3.10. The van der Waals surface area contributed by atoms with Gasteiger partial charge >= 0.3 is 0 Å². The van der Waals surface area contributed by atoms with Crippen LogP contribution in [0.5, 0.6) is 17.2 Å². The molecule has 0 heterocycles. The third kappa shape index (κ3) is 7.48. The summed E-state index contributed by atoms with van der Waals surface area (Å²) in [5.74, 6) is 1.13. The molecule has 7 heteroatoms. The van der Waals surface area contributed by atoms with Crippen LogP contribution in [0.15, 0.2) is 48.5 Å². The van der Waals surface area contributed by atoms with Crippen LogP contribution in [0.1, 0.15) is 32.8 Å². The number of amides is 2. The number of carbonyl (C=O) groups is 2. The van der Waals surface area contributed by atoms with Gasteiger partial charge in [-0.05, 0) is 32.3 Å². The van der Waals surface area contributed by atoms with Crippen LogP contribution in [0, 0.1) is 0 Å². The lowest BCUT2D eigenvalue weighted by atomic mass is 10.1. The Morgan fingerprint density at radius 1 is 0.969 bits per heavy atom. The monoisotopic (exact) mass is 442 g/mol. The van der Waals surface area contributed by atoms with E-state index >= 15 is 0 Å². The molecule has 0 bridgehead atoms. The standard InChI is InChI=1S/C25H34N2O5/c1-6-18(2)26-25(29)19(3)27(13-12-20-10-8-7-9-11-20)24(28)17-32-23-15-21(30-4)14-22(16-23)31-5/h7-11,14-16,18-19H,6,12-13,17H2,1-5H3,(H,26,29)/t18-,19-/m0/s1.